The molecule has 1 N–H and O–H groups in total. The average molecular weight is 353 g/mol. The second-order valence-electron chi connectivity index (χ2n) is 5.80. The van der Waals surface area contributed by atoms with Crippen molar-refractivity contribution in [1.82, 2.24) is 4.90 Å². The van der Waals surface area contributed by atoms with Crippen molar-refractivity contribution in [3.63, 3.8) is 0 Å². The molecule has 0 saturated carbocycles. The molecule has 1 heterocycles. The maximum absolute atomic E-state index is 12.5. The fraction of sp³-hybridized carbons (Fsp3) is 0.158. The third-order valence-corrected chi connectivity index (χ3v) is 4.70. The van der Waals surface area contributed by atoms with Crippen LogP contribution in [-0.2, 0) is 4.79 Å². The molecule has 3 rings (SSSR count). The van der Waals surface area contributed by atoms with E-state index in [4.69, 9.17) is 0 Å². The highest BCUT2D eigenvalue weighted by Gasteiger charge is 2.34. The zero-order valence-electron chi connectivity index (χ0n) is 14.1. The smallest absolute Gasteiger partial charge is 0.295 e. The molecule has 0 atom stereocenters. The summed E-state index contributed by atoms with van der Waals surface area (Å²) in [5, 5.41) is 2.83. The molecule has 1 saturated heterocycles. The van der Waals surface area contributed by atoms with Crippen LogP contribution in [0.15, 0.2) is 59.5 Å². The van der Waals surface area contributed by atoms with Gasteiger partial charge in [0.2, 0.25) is 0 Å². The van der Waals surface area contributed by atoms with Crippen molar-refractivity contribution in [2.24, 2.45) is 0 Å². The molecule has 1 aliphatic rings. The first-order valence-corrected chi connectivity index (χ1v) is 8.68. The van der Waals surface area contributed by atoms with Gasteiger partial charge in [0.1, 0.15) is 0 Å². The summed E-state index contributed by atoms with van der Waals surface area (Å²) in [5.41, 5.74) is 2.84. The number of para-hydroxylation sites is 1. The number of hydrogen-bond acceptors (Lipinski definition) is 5. The van der Waals surface area contributed by atoms with Crippen molar-refractivity contribution in [3.8, 4) is 0 Å². The zero-order valence-corrected chi connectivity index (χ0v) is 14.9. The zero-order chi connectivity index (χ0) is 17.8. The molecule has 2 aromatic rings. The fourth-order valence-corrected chi connectivity index (χ4v) is 3.22. The quantitative estimate of drug-likeness (QED) is 0.827. The van der Waals surface area contributed by atoms with Crippen molar-refractivity contribution in [3.05, 3.63) is 65.1 Å². The molecule has 1 aliphatic heterocycles. The van der Waals surface area contributed by atoms with Gasteiger partial charge in [-0.3, -0.25) is 14.5 Å². The van der Waals surface area contributed by atoms with E-state index in [0.29, 0.717) is 4.91 Å². The number of benzene rings is 2. The summed E-state index contributed by atoms with van der Waals surface area (Å²) in [6.45, 7) is 0.158. The van der Waals surface area contributed by atoms with E-state index < -0.39 is 0 Å². The van der Waals surface area contributed by atoms with Crippen LogP contribution >= 0.6 is 11.8 Å². The predicted molar refractivity (Wildman–Crippen MR) is 104 cm³/mol. The maximum atomic E-state index is 12.5. The normalized spacial score (nSPS) is 15.8. The molecule has 2 aromatic carbocycles. The molecule has 2 amide bonds. The van der Waals surface area contributed by atoms with Crippen LogP contribution in [0, 0.1) is 0 Å². The number of anilines is 2. The van der Waals surface area contributed by atoms with Gasteiger partial charge in [0, 0.05) is 25.5 Å². The molecule has 25 heavy (non-hydrogen) atoms. The Kier molecular flexibility index (Phi) is 5.09. The van der Waals surface area contributed by atoms with E-state index in [1.165, 1.54) is 4.90 Å². The molecular weight excluding hydrogens is 334 g/mol. The van der Waals surface area contributed by atoms with Crippen LogP contribution in [0.3, 0.4) is 0 Å². The molecule has 0 aromatic heterocycles. The summed E-state index contributed by atoms with van der Waals surface area (Å²) in [6, 6.07) is 17.3. The van der Waals surface area contributed by atoms with E-state index in [-0.39, 0.29) is 17.8 Å². The summed E-state index contributed by atoms with van der Waals surface area (Å²) in [5.74, 6) is -0.268. The van der Waals surface area contributed by atoms with E-state index >= 15 is 0 Å². The van der Waals surface area contributed by atoms with E-state index in [0.717, 1.165) is 28.7 Å². The molecule has 0 bridgehead atoms. The Morgan fingerprint density at radius 3 is 2.36 bits per heavy atom. The lowest BCUT2D eigenvalue weighted by molar-refractivity contribution is -0.122. The van der Waals surface area contributed by atoms with Crippen LogP contribution in [0.4, 0.5) is 16.2 Å². The van der Waals surface area contributed by atoms with E-state index in [2.05, 4.69) is 5.32 Å². The number of nitrogens with one attached hydrogen (secondary N) is 1. The van der Waals surface area contributed by atoms with Gasteiger partial charge < -0.3 is 10.2 Å². The van der Waals surface area contributed by atoms with Gasteiger partial charge in [-0.15, -0.1) is 0 Å². The number of amides is 2. The van der Waals surface area contributed by atoms with Gasteiger partial charge in [-0.25, -0.2) is 0 Å². The van der Waals surface area contributed by atoms with E-state index in [1.54, 1.807) is 6.08 Å². The summed E-state index contributed by atoms with van der Waals surface area (Å²) in [6.07, 6.45) is 1.76. The van der Waals surface area contributed by atoms with Crippen molar-refractivity contribution in [2.45, 2.75) is 0 Å². The van der Waals surface area contributed by atoms with Crippen molar-refractivity contribution in [2.75, 3.05) is 31.0 Å². The van der Waals surface area contributed by atoms with Crippen LogP contribution in [0.25, 0.3) is 6.08 Å². The van der Waals surface area contributed by atoms with Gasteiger partial charge in [-0.2, -0.15) is 0 Å². The van der Waals surface area contributed by atoms with Crippen LogP contribution in [0.2, 0.25) is 0 Å². The minimum atomic E-state index is -0.268. The summed E-state index contributed by atoms with van der Waals surface area (Å²) >= 11 is 0.970. The maximum Gasteiger partial charge on any atom is 0.295 e. The van der Waals surface area contributed by atoms with E-state index in [1.807, 2.05) is 73.6 Å². The topological polar surface area (TPSA) is 52.7 Å². The highest BCUT2D eigenvalue weighted by atomic mass is 32.2. The fourth-order valence-electron chi connectivity index (χ4n) is 2.38. The van der Waals surface area contributed by atoms with Crippen molar-refractivity contribution in [1.29, 1.82) is 0 Å². The second-order valence-corrected chi connectivity index (χ2v) is 6.79. The number of carbonyl (C=O) groups excluding carboxylic acids is 2. The Balaban J connectivity index is 1.69. The lowest BCUT2D eigenvalue weighted by atomic mass is 10.2. The Morgan fingerprint density at radius 1 is 1.04 bits per heavy atom. The number of rotatable bonds is 5. The lowest BCUT2D eigenvalue weighted by Crippen LogP contribution is -2.33. The van der Waals surface area contributed by atoms with Crippen molar-refractivity contribution >= 4 is 40.4 Å². The summed E-state index contributed by atoms with van der Waals surface area (Å²) < 4.78 is 0. The number of hydrogen-bond donors (Lipinski definition) is 1. The number of nitrogens with zero attached hydrogens (tertiary/aromatic N) is 2. The standard InChI is InChI=1S/C19H19N3O2S/c1-21(2)16-10-8-14(9-11-16)12-17-18(23)22(19(24)25-17)13-20-15-6-4-3-5-7-15/h3-12,20H,13H2,1-2H3/b17-12+. The number of carbonyl (C=O) groups is 2. The summed E-state index contributed by atoms with van der Waals surface area (Å²) in [7, 11) is 3.94. The molecule has 0 radical (unpaired) electrons. The number of thioether (sulfide) groups is 1. The first-order chi connectivity index (χ1) is 12.0. The molecule has 6 heteroatoms. The molecule has 1 fully saturated rings. The second kappa shape index (κ2) is 7.44. The van der Waals surface area contributed by atoms with Gasteiger partial charge >= 0.3 is 0 Å². The molecule has 0 aliphatic carbocycles. The van der Waals surface area contributed by atoms with Gasteiger partial charge in [0.05, 0.1) is 11.6 Å². The third kappa shape index (κ3) is 4.03. The van der Waals surface area contributed by atoms with Crippen LogP contribution in [-0.4, -0.2) is 36.8 Å². The van der Waals surface area contributed by atoms with Gasteiger partial charge in [-0.05, 0) is 47.7 Å². The molecular formula is C19H19N3O2S. The van der Waals surface area contributed by atoms with Gasteiger partial charge in [0.25, 0.3) is 11.1 Å². The van der Waals surface area contributed by atoms with Gasteiger partial charge in [-0.1, -0.05) is 30.3 Å². The van der Waals surface area contributed by atoms with Crippen LogP contribution in [0.5, 0.6) is 0 Å². The van der Waals surface area contributed by atoms with Crippen molar-refractivity contribution < 1.29 is 9.59 Å². The Bertz CT molecular complexity index is 801. The Hall–Kier alpha value is -2.73. The molecule has 0 spiro atoms. The minimum Gasteiger partial charge on any atom is -0.378 e. The Morgan fingerprint density at radius 2 is 1.72 bits per heavy atom. The molecule has 0 unspecified atom stereocenters. The summed E-state index contributed by atoms with van der Waals surface area (Å²) in [4.78, 5) is 28.3. The Labute approximate surface area is 151 Å². The van der Waals surface area contributed by atoms with E-state index in [9.17, 15) is 9.59 Å². The first kappa shape index (κ1) is 17.1. The predicted octanol–water partition coefficient (Wildman–Crippen LogP) is 3.86. The highest BCUT2D eigenvalue weighted by molar-refractivity contribution is 8.18. The average Bonchev–Trinajstić information content (AvgIpc) is 2.88. The first-order valence-electron chi connectivity index (χ1n) is 7.86. The van der Waals surface area contributed by atoms with Crippen LogP contribution < -0.4 is 10.2 Å². The third-order valence-electron chi connectivity index (χ3n) is 3.80. The highest BCUT2D eigenvalue weighted by Crippen LogP contribution is 2.32. The molecule has 5 nitrogen and oxygen atoms in total. The minimum absolute atomic E-state index is 0.158. The van der Waals surface area contributed by atoms with Crippen LogP contribution in [0.1, 0.15) is 5.56 Å². The lowest BCUT2D eigenvalue weighted by Gasteiger charge is -2.14. The SMILES string of the molecule is CN(C)c1ccc(/C=C2/SC(=O)N(CNc3ccccc3)C2=O)cc1. The van der Waals surface area contributed by atoms with Gasteiger partial charge in [0.15, 0.2) is 0 Å². The molecule has 128 valence electrons. The monoisotopic (exact) mass is 353 g/mol. The largest absolute Gasteiger partial charge is 0.378 e. The number of imide groups is 1.